The van der Waals surface area contributed by atoms with Crippen LogP contribution in [0.2, 0.25) is 0 Å². The van der Waals surface area contributed by atoms with Gasteiger partial charge in [-0.2, -0.15) is 9.49 Å². The summed E-state index contributed by atoms with van der Waals surface area (Å²) in [6.45, 7) is 3.23. The zero-order valence-electron chi connectivity index (χ0n) is 14.7. The van der Waals surface area contributed by atoms with Gasteiger partial charge in [0.25, 0.3) is 5.56 Å². The molecule has 0 aliphatic heterocycles. The summed E-state index contributed by atoms with van der Waals surface area (Å²) in [7, 11) is 0. The molecule has 8 heteroatoms. The number of ketones is 1. The van der Waals surface area contributed by atoms with Crippen molar-refractivity contribution in [3.63, 3.8) is 0 Å². The number of hydrogen-bond donors (Lipinski definition) is 1. The van der Waals surface area contributed by atoms with Crippen LogP contribution in [0.3, 0.4) is 0 Å². The number of halogens is 2. The van der Waals surface area contributed by atoms with Crippen LogP contribution in [0.4, 0.5) is 20.2 Å². The third kappa shape index (κ3) is 3.59. The van der Waals surface area contributed by atoms with Crippen LogP contribution in [-0.2, 0) is 6.54 Å². The average Bonchev–Trinajstić information content (AvgIpc) is 2.65. The van der Waals surface area contributed by atoms with Crippen LogP contribution in [0.25, 0.3) is 11.3 Å². The Morgan fingerprint density at radius 2 is 1.89 bits per heavy atom. The van der Waals surface area contributed by atoms with E-state index in [1.807, 2.05) is 0 Å². The second kappa shape index (κ2) is 7.45. The number of aromatic nitrogens is 3. The van der Waals surface area contributed by atoms with Gasteiger partial charge in [0.2, 0.25) is 5.95 Å². The molecule has 6 nitrogen and oxygen atoms in total. The monoisotopic (exact) mass is 370 g/mol. The van der Waals surface area contributed by atoms with E-state index in [0.29, 0.717) is 5.56 Å². The Hall–Kier alpha value is -3.42. The van der Waals surface area contributed by atoms with Crippen molar-refractivity contribution in [3.05, 3.63) is 70.3 Å². The van der Waals surface area contributed by atoms with E-state index in [-0.39, 0.29) is 29.2 Å². The Morgan fingerprint density at radius 1 is 1.19 bits per heavy atom. The van der Waals surface area contributed by atoms with Gasteiger partial charge in [0.15, 0.2) is 5.78 Å². The summed E-state index contributed by atoms with van der Waals surface area (Å²) in [5.41, 5.74) is -0.0628. The van der Waals surface area contributed by atoms with E-state index < -0.39 is 23.1 Å². The molecule has 3 rings (SSSR count). The Morgan fingerprint density at radius 3 is 2.48 bits per heavy atom. The minimum absolute atomic E-state index is 0.000406. The van der Waals surface area contributed by atoms with Crippen LogP contribution in [0.15, 0.2) is 47.4 Å². The molecule has 0 saturated carbocycles. The summed E-state index contributed by atoms with van der Waals surface area (Å²) < 4.78 is 28.4. The number of anilines is 2. The van der Waals surface area contributed by atoms with Crippen LogP contribution in [0.1, 0.15) is 24.2 Å². The Bertz CT molecular complexity index is 1060. The quantitative estimate of drug-likeness (QED) is 0.549. The summed E-state index contributed by atoms with van der Waals surface area (Å²) in [6, 6.07) is 8.29. The molecule has 138 valence electrons. The van der Waals surface area contributed by atoms with Crippen LogP contribution in [0, 0.1) is 11.8 Å². The first kappa shape index (κ1) is 18.4. The summed E-state index contributed by atoms with van der Waals surface area (Å²) >= 11 is 0. The molecule has 0 unspecified atom stereocenters. The standard InChI is InChI=1S/C19H16F2N4O2/c1-3-25-19(27)17(23-14-5-4-10-22-18(14)21)15(11(2)26)16(24-25)12-6-8-13(20)9-7-12/h4-10,23H,3H2,1-2H3. The maximum absolute atomic E-state index is 14.0. The van der Waals surface area contributed by atoms with Gasteiger partial charge in [0.05, 0.1) is 11.3 Å². The first-order valence-corrected chi connectivity index (χ1v) is 8.22. The van der Waals surface area contributed by atoms with Crippen molar-refractivity contribution in [2.24, 2.45) is 0 Å². The lowest BCUT2D eigenvalue weighted by Crippen LogP contribution is -2.28. The predicted molar refractivity (Wildman–Crippen MR) is 97.0 cm³/mol. The lowest BCUT2D eigenvalue weighted by atomic mass is 10.0. The summed E-state index contributed by atoms with van der Waals surface area (Å²) in [6.07, 6.45) is 1.27. The van der Waals surface area contributed by atoms with E-state index in [2.05, 4.69) is 15.4 Å². The molecule has 0 amide bonds. The number of benzene rings is 1. The van der Waals surface area contributed by atoms with E-state index in [0.717, 1.165) is 4.68 Å². The molecule has 0 spiro atoms. The maximum atomic E-state index is 14.0. The normalized spacial score (nSPS) is 10.7. The SMILES string of the molecule is CCn1nc(-c2ccc(F)cc2)c(C(C)=O)c(Nc2cccnc2F)c1=O. The largest absolute Gasteiger partial charge is 0.347 e. The summed E-state index contributed by atoms with van der Waals surface area (Å²) in [5, 5.41) is 6.93. The van der Waals surface area contributed by atoms with Gasteiger partial charge < -0.3 is 5.32 Å². The molecule has 0 saturated heterocycles. The van der Waals surface area contributed by atoms with Crippen LogP contribution in [-0.4, -0.2) is 20.5 Å². The molecule has 1 aromatic carbocycles. The molecule has 0 atom stereocenters. The van der Waals surface area contributed by atoms with Crippen molar-refractivity contribution in [1.82, 2.24) is 14.8 Å². The smallest absolute Gasteiger partial charge is 0.291 e. The van der Waals surface area contributed by atoms with Gasteiger partial charge in [-0.05, 0) is 50.2 Å². The highest BCUT2D eigenvalue weighted by molar-refractivity contribution is 6.05. The number of carbonyl (C=O) groups excluding carboxylic acids is 1. The van der Waals surface area contributed by atoms with Crippen molar-refractivity contribution < 1.29 is 13.6 Å². The number of pyridine rings is 1. The highest BCUT2D eigenvalue weighted by atomic mass is 19.1. The summed E-state index contributed by atoms with van der Waals surface area (Å²) in [4.78, 5) is 28.6. The molecule has 2 heterocycles. The van der Waals surface area contributed by atoms with E-state index in [1.54, 1.807) is 6.92 Å². The van der Waals surface area contributed by atoms with Crippen LogP contribution < -0.4 is 10.9 Å². The molecule has 0 radical (unpaired) electrons. The van der Waals surface area contributed by atoms with Gasteiger partial charge >= 0.3 is 0 Å². The van der Waals surface area contributed by atoms with Crippen LogP contribution in [0.5, 0.6) is 0 Å². The van der Waals surface area contributed by atoms with Crippen molar-refractivity contribution in [2.75, 3.05) is 5.32 Å². The number of nitrogens with one attached hydrogen (secondary N) is 1. The van der Waals surface area contributed by atoms with Gasteiger partial charge in [-0.1, -0.05) is 0 Å². The Balaban J connectivity index is 2.29. The van der Waals surface area contributed by atoms with E-state index in [9.17, 15) is 18.4 Å². The molecule has 3 aromatic rings. The average molecular weight is 370 g/mol. The number of rotatable bonds is 5. The lowest BCUT2D eigenvalue weighted by molar-refractivity contribution is 0.101. The van der Waals surface area contributed by atoms with Crippen LogP contribution >= 0.6 is 0 Å². The molecule has 0 bridgehead atoms. The molecular formula is C19H16F2N4O2. The second-order valence-corrected chi connectivity index (χ2v) is 5.75. The third-order valence-corrected chi connectivity index (χ3v) is 3.94. The van der Waals surface area contributed by atoms with E-state index in [1.165, 1.54) is 49.5 Å². The molecular weight excluding hydrogens is 354 g/mol. The minimum Gasteiger partial charge on any atom is -0.347 e. The van der Waals surface area contributed by atoms with Gasteiger partial charge in [0.1, 0.15) is 17.2 Å². The number of carbonyl (C=O) groups is 1. The minimum atomic E-state index is -0.811. The number of aryl methyl sites for hydroxylation is 1. The van der Waals surface area contributed by atoms with Gasteiger partial charge in [0, 0.05) is 18.3 Å². The molecule has 2 aromatic heterocycles. The topological polar surface area (TPSA) is 76.9 Å². The van der Waals surface area contributed by atoms with E-state index >= 15 is 0 Å². The van der Waals surface area contributed by atoms with Crippen molar-refractivity contribution >= 4 is 17.2 Å². The fourth-order valence-electron chi connectivity index (χ4n) is 2.67. The fourth-order valence-corrected chi connectivity index (χ4v) is 2.67. The summed E-state index contributed by atoms with van der Waals surface area (Å²) in [5.74, 6) is -1.69. The first-order valence-electron chi connectivity index (χ1n) is 8.22. The zero-order chi connectivity index (χ0) is 19.6. The zero-order valence-corrected chi connectivity index (χ0v) is 14.7. The molecule has 27 heavy (non-hydrogen) atoms. The van der Waals surface area contributed by atoms with Crippen molar-refractivity contribution in [3.8, 4) is 11.3 Å². The second-order valence-electron chi connectivity index (χ2n) is 5.75. The highest BCUT2D eigenvalue weighted by Crippen LogP contribution is 2.28. The Labute approximate surface area is 153 Å². The van der Waals surface area contributed by atoms with Gasteiger partial charge in [-0.3, -0.25) is 9.59 Å². The molecule has 0 aliphatic carbocycles. The fraction of sp³-hybridized carbons (Fsp3) is 0.158. The number of hydrogen-bond acceptors (Lipinski definition) is 5. The lowest BCUT2D eigenvalue weighted by Gasteiger charge is -2.16. The molecule has 0 fully saturated rings. The third-order valence-electron chi connectivity index (χ3n) is 3.94. The first-order chi connectivity index (χ1) is 12.9. The highest BCUT2D eigenvalue weighted by Gasteiger charge is 2.22. The molecule has 1 N–H and O–H groups in total. The maximum Gasteiger partial charge on any atom is 0.291 e. The molecule has 0 aliphatic rings. The van der Waals surface area contributed by atoms with Gasteiger partial charge in [-0.25, -0.2) is 14.1 Å². The van der Waals surface area contributed by atoms with E-state index in [4.69, 9.17) is 0 Å². The number of nitrogens with zero attached hydrogens (tertiary/aromatic N) is 3. The Kier molecular flexibility index (Phi) is 5.07. The van der Waals surface area contributed by atoms with Crippen molar-refractivity contribution in [2.45, 2.75) is 20.4 Å². The number of Topliss-reactive ketones (excluding diaryl/α,β-unsaturated/α-hetero) is 1. The predicted octanol–water partition coefficient (Wildman–Crippen LogP) is 3.55. The van der Waals surface area contributed by atoms with Crippen molar-refractivity contribution in [1.29, 1.82) is 0 Å². The van der Waals surface area contributed by atoms with Gasteiger partial charge in [-0.15, -0.1) is 0 Å².